The first-order valence-corrected chi connectivity index (χ1v) is 12.0. The molecule has 0 spiro atoms. The number of aromatic nitrogens is 2. The highest BCUT2D eigenvalue weighted by Gasteiger charge is 2.30. The molecule has 1 saturated heterocycles. The van der Waals surface area contributed by atoms with Crippen LogP contribution in [0.3, 0.4) is 0 Å². The molecule has 0 bridgehead atoms. The minimum atomic E-state index is -0.236. The van der Waals surface area contributed by atoms with Gasteiger partial charge in [0.2, 0.25) is 5.91 Å². The summed E-state index contributed by atoms with van der Waals surface area (Å²) in [6, 6.07) is 14.9. The fourth-order valence-electron chi connectivity index (χ4n) is 5.45. The molecule has 6 nitrogen and oxygen atoms in total. The molecule has 0 saturated carbocycles. The van der Waals surface area contributed by atoms with Crippen LogP contribution in [-0.4, -0.2) is 33.7 Å². The van der Waals surface area contributed by atoms with Gasteiger partial charge in [0.25, 0.3) is 0 Å². The van der Waals surface area contributed by atoms with E-state index in [1.165, 1.54) is 11.1 Å². The average Bonchev–Trinajstić information content (AvgIpc) is 3.34. The van der Waals surface area contributed by atoms with Crippen LogP contribution >= 0.6 is 0 Å². The molecule has 3 aromatic rings. The normalized spacial score (nSPS) is 21.5. The number of hydrogen-bond acceptors (Lipinski definition) is 4. The van der Waals surface area contributed by atoms with Crippen LogP contribution in [0.15, 0.2) is 42.5 Å². The molecule has 1 aliphatic carbocycles. The fourth-order valence-corrected chi connectivity index (χ4v) is 5.45. The van der Waals surface area contributed by atoms with Crippen LogP contribution in [0.25, 0.3) is 17.1 Å². The maximum absolute atomic E-state index is 12.8. The molecule has 1 aromatic carbocycles. The molecule has 1 N–H and O–H groups in total. The summed E-state index contributed by atoms with van der Waals surface area (Å²) in [7, 11) is 0. The van der Waals surface area contributed by atoms with Crippen LogP contribution in [0.1, 0.15) is 67.2 Å². The number of nitriles is 1. The number of nitrogens with zero attached hydrogens (tertiary/aromatic N) is 3. The second-order valence-electron chi connectivity index (χ2n) is 9.96. The summed E-state index contributed by atoms with van der Waals surface area (Å²) in [6.07, 6.45) is 6.84. The van der Waals surface area contributed by atoms with E-state index in [1.807, 2.05) is 32.9 Å². The Morgan fingerprint density at radius 1 is 1.26 bits per heavy atom. The van der Waals surface area contributed by atoms with Gasteiger partial charge in [-0.25, -0.2) is 4.98 Å². The van der Waals surface area contributed by atoms with Crippen molar-refractivity contribution in [3.63, 3.8) is 0 Å². The van der Waals surface area contributed by atoms with Crippen LogP contribution in [0.5, 0.6) is 0 Å². The number of rotatable bonds is 4. The van der Waals surface area contributed by atoms with Crippen molar-refractivity contribution in [3.8, 4) is 6.07 Å². The zero-order valence-corrected chi connectivity index (χ0v) is 20.0. The Morgan fingerprint density at radius 3 is 2.88 bits per heavy atom. The molecule has 1 aliphatic heterocycles. The van der Waals surface area contributed by atoms with E-state index in [0.29, 0.717) is 12.2 Å². The predicted octanol–water partition coefficient (Wildman–Crippen LogP) is 4.84. The summed E-state index contributed by atoms with van der Waals surface area (Å²) >= 11 is 0. The topological polar surface area (TPSA) is 79.9 Å². The molecule has 1 fully saturated rings. The number of amides is 1. The van der Waals surface area contributed by atoms with E-state index in [1.54, 1.807) is 12.2 Å². The Balaban J connectivity index is 1.54. The van der Waals surface area contributed by atoms with Crippen molar-refractivity contribution in [3.05, 3.63) is 70.6 Å². The number of carbonyl (C=O) groups excluding carboxylic acids is 1. The van der Waals surface area contributed by atoms with Crippen LogP contribution in [-0.2, 0) is 16.0 Å². The molecule has 2 atom stereocenters. The Labute approximate surface area is 200 Å². The van der Waals surface area contributed by atoms with Gasteiger partial charge in [0.05, 0.1) is 22.9 Å². The lowest BCUT2D eigenvalue weighted by atomic mass is 9.94. The fraction of sp³-hybridized carbons (Fsp3) is 0.393. The summed E-state index contributed by atoms with van der Waals surface area (Å²) in [5, 5.41) is 14.0. The van der Waals surface area contributed by atoms with Crippen molar-refractivity contribution >= 4 is 23.0 Å². The molecule has 6 heteroatoms. The van der Waals surface area contributed by atoms with Gasteiger partial charge in [-0.2, -0.15) is 5.26 Å². The second-order valence-corrected chi connectivity index (χ2v) is 9.96. The first-order chi connectivity index (χ1) is 16.4. The summed E-state index contributed by atoms with van der Waals surface area (Å²) in [6.45, 7) is 6.70. The lowest BCUT2D eigenvalue weighted by Crippen LogP contribution is -2.45. The Bertz CT molecular complexity index is 1330. The molecule has 2 unspecified atom stereocenters. The molecule has 1 amide bonds. The number of carbonyl (C=O) groups is 1. The second kappa shape index (κ2) is 8.73. The average molecular weight is 455 g/mol. The smallest absolute Gasteiger partial charge is 0.244 e. The van der Waals surface area contributed by atoms with Crippen LogP contribution in [0, 0.1) is 18.3 Å². The van der Waals surface area contributed by atoms with Gasteiger partial charge in [-0.15, -0.1) is 0 Å². The summed E-state index contributed by atoms with van der Waals surface area (Å²) < 4.78 is 7.93. The van der Waals surface area contributed by atoms with Crippen molar-refractivity contribution in [1.29, 1.82) is 5.26 Å². The number of fused-ring (bicyclic) bond motifs is 2. The van der Waals surface area contributed by atoms with E-state index in [2.05, 4.69) is 40.2 Å². The zero-order chi connectivity index (χ0) is 23.9. The monoisotopic (exact) mass is 454 g/mol. The number of benzene rings is 1. The van der Waals surface area contributed by atoms with Crippen LogP contribution in [0.2, 0.25) is 0 Å². The molecular formula is C28H30N4O2. The van der Waals surface area contributed by atoms with Gasteiger partial charge in [-0.3, -0.25) is 4.79 Å². The molecular weight excluding hydrogens is 424 g/mol. The third-order valence-electron chi connectivity index (χ3n) is 6.99. The standard InChI is InChI=1S/C28H30N4O2/c1-18-8-10-22-23(17-29)25(12-13-26(33)31-20-14-15-34-28(2,3)16-20)32(27(22)30-18)24-11-9-19-6-4-5-7-21(19)24/h4-8,10,12-13,20,24H,9,11,14-16H2,1-3H3,(H,31,33). The van der Waals surface area contributed by atoms with Crippen LogP contribution < -0.4 is 5.32 Å². The summed E-state index contributed by atoms with van der Waals surface area (Å²) in [5.74, 6) is -0.153. The van der Waals surface area contributed by atoms with E-state index >= 15 is 0 Å². The molecule has 5 rings (SSSR count). The number of aryl methyl sites for hydroxylation is 2. The first-order valence-electron chi connectivity index (χ1n) is 12.0. The maximum Gasteiger partial charge on any atom is 0.244 e. The SMILES string of the molecule is Cc1ccc2c(C#N)c(C=CC(=O)NC3CCOC(C)(C)C3)n(C3CCc4ccccc43)c2n1. The molecule has 34 heavy (non-hydrogen) atoms. The number of hydrogen-bond donors (Lipinski definition) is 1. The van der Waals surface area contributed by atoms with Gasteiger partial charge < -0.3 is 14.6 Å². The van der Waals surface area contributed by atoms with Gasteiger partial charge >= 0.3 is 0 Å². The maximum atomic E-state index is 12.8. The summed E-state index contributed by atoms with van der Waals surface area (Å²) in [5.41, 5.74) is 5.34. The van der Waals surface area contributed by atoms with Gasteiger partial charge in [-0.05, 0) is 75.8 Å². The van der Waals surface area contributed by atoms with Gasteiger partial charge in [0.1, 0.15) is 11.7 Å². The van der Waals surface area contributed by atoms with Gasteiger partial charge in [-0.1, -0.05) is 24.3 Å². The zero-order valence-electron chi connectivity index (χ0n) is 20.0. The highest BCUT2D eigenvalue weighted by Crippen LogP contribution is 2.39. The van der Waals surface area contributed by atoms with Gasteiger partial charge in [0.15, 0.2) is 0 Å². The molecule has 0 radical (unpaired) electrons. The van der Waals surface area contributed by atoms with Crippen molar-refractivity contribution < 1.29 is 9.53 Å². The number of pyridine rings is 1. The predicted molar refractivity (Wildman–Crippen MR) is 132 cm³/mol. The molecule has 2 aromatic heterocycles. The van der Waals surface area contributed by atoms with E-state index < -0.39 is 0 Å². The molecule has 2 aliphatic rings. The van der Waals surface area contributed by atoms with E-state index in [4.69, 9.17) is 9.72 Å². The minimum Gasteiger partial charge on any atom is -0.375 e. The highest BCUT2D eigenvalue weighted by molar-refractivity contribution is 5.95. The van der Waals surface area contributed by atoms with E-state index in [0.717, 1.165) is 48.1 Å². The van der Waals surface area contributed by atoms with E-state index in [9.17, 15) is 10.1 Å². The van der Waals surface area contributed by atoms with Crippen molar-refractivity contribution in [2.45, 2.75) is 64.1 Å². The summed E-state index contributed by atoms with van der Waals surface area (Å²) in [4.78, 5) is 17.7. The Morgan fingerprint density at radius 2 is 2.09 bits per heavy atom. The highest BCUT2D eigenvalue weighted by atomic mass is 16.5. The van der Waals surface area contributed by atoms with Crippen molar-refractivity contribution in [2.24, 2.45) is 0 Å². The third kappa shape index (κ3) is 4.12. The minimum absolute atomic E-state index is 0.0771. The molecule has 3 heterocycles. The third-order valence-corrected chi connectivity index (χ3v) is 6.99. The van der Waals surface area contributed by atoms with Crippen molar-refractivity contribution in [1.82, 2.24) is 14.9 Å². The Hall–Kier alpha value is -3.43. The van der Waals surface area contributed by atoms with Crippen molar-refractivity contribution in [2.75, 3.05) is 6.61 Å². The number of ether oxygens (including phenoxy) is 1. The lowest BCUT2D eigenvalue weighted by Gasteiger charge is -2.35. The lowest BCUT2D eigenvalue weighted by molar-refractivity contribution is -0.119. The molecule has 174 valence electrons. The van der Waals surface area contributed by atoms with Crippen LogP contribution in [0.4, 0.5) is 0 Å². The first kappa shape index (κ1) is 22.4. The van der Waals surface area contributed by atoms with Gasteiger partial charge in [0, 0.05) is 29.8 Å². The number of nitrogens with one attached hydrogen (secondary N) is 1. The quantitative estimate of drug-likeness (QED) is 0.572. The van der Waals surface area contributed by atoms with E-state index in [-0.39, 0.29) is 23.6 Å². The Kier molecular flexibility index (Phi) is 5.75. The largest absolute Gasteiger partial charge is 0.375 e.